The molecule has 0 saturated heterocycles. The number of aliphatic hydroxyl groups is 1. The first kappa shape index (κ1) is 7.67. The molecule has 6 heteroatoms. The summed E-state index contributed by atoms with van der Waals surface area (Å²) in [6, 6.07) is 0. The fourth-order valence-electron chi connectivity index (χ4n) is 0.597. The molecule has 6 nitrogen and oxygen atoms in total. The third kappa shape index (κ3) is 2.01. The molecule has 0 aliphatic heterocycles. The van der Waals surface area contributed by atoms with Gasteiger partial charge in [0, 0.05) is 6.20 Å². The smallest absolute Gasteiger partial charge is 0.248 e. The predicted molar refractivity (Wildman–Crippen MR) is 35.2 cm³/mol. The molecule has 0 saturated carbocycles. The van der Waals surface area contributed by atoms with E-state index in [1.54, 1.807) is 0 Å². The van der Waals surface area contributed by atoms with E-state index in [0.717, 1.165) is 0 Å². The lowest BCUT2D eigenvalue weighted by molar-refractivity contribution is -0.126. The number of nitrogens with two attached hydrogens (primary N) is 1. The lowest BCUT2D eigenvalue weighted by Gasteiger charge is -2.03. The highest BCUT2D eigenvalue weighted by molar-refractivity contribution is 5.78. The van der Waals surface area contributed by atoms with E-state index in [1.807, 2.05) is 0 Å². The maximum Gasteiger partial charge on any atom is 0.248 e. The van der Waals surface area contributed by atoms with E-state index >= 15 is 0 Å². The Morgan fingerprint density at radius 3 is 3.00 bits per heavy atom. The normalized spacial score (nSPS) is 12.8. The second kappa shape index (κ2) is 3.11. The summed E-state index contributed by atoms with van der Waals surface area (Å²) in [5.41, 5.74) is 4.80. The van der Waals surface area contributed by atoms with Gasteiger partial charge in [-0.3, -0.25) is 4.79 Å². The van der Waals surface area contributed by atoms with Crippen molar-refractivity contribution in [2.75, 3.05) is 0 Å². The largest absolute Gasteiger partial charge is 0.381 e. The number of aromatic nitrogens is 3. The van der Waals surface area contributed by atoms with Gasteiger partial charge in [0.2, 0.25) is 5.91 Å². The van der Waals surface area contributed by atoms with Crippen LogP contribution in [0.15, 0.2) is 12.4 Å². The molecule has 0 radical (unpaired) electrons. The van der Waals surface area contributed by atoms with Gasteiger partial charge in [-0.05, 0) is 0 Å². The van der Waals surface area contributed by atoms with Crippen LogP contribution in [0.4, 0.5) is 0 Å². The van der Waals surface area contributed by atoms with Crippen LogP contribution in [0.25, 0.3) is 0 Å². The third-order valence-corrected chi connectivity index (χ3v) is 1.16. The molecule has 0 bridgehead atoms. The van der Waals surface area contributed by atoms with Crippen LogP contribution in [0, 0.1) is 0 Å². The number of carbonyl (C=O) groups excluding carboxylic acids is 1. The lowest BCUT2D eigenvalue weighted by atomic mass is 10.3. The van der Waals surface area contributed by atoms with E-state index in [-0.39, 0.29) is 6.54 Å². The number of amides is 1. The third-order valence-electron chi connectivity index (χ3n) is 1.16. The Labute approximate surface area is 62.6 Å². The molecule has 0 spiro atoms. The molecule has 1 aromatic rings. The lowest BCUT2D eigenvalue weighted by Crippen LogP contribution is -2.32. The van der Waals surface area contributed by atoms with E-state index in [1.165, 1.54) is 17.1 Å². The minimum atomic E-state index is -1.20. The van der Waals surface area contributed by atoms with E-state index in [2.05, 4.69) is 10.3 Å². The zero-order chi connectivity index (χ0) is 8.27. The molecule has 1 heterocycles. The Kier molecular flexibility index (Phi) is 2.17. The van der Waals surface area contributed by atoms with E-state index < -0.39 is 12.0 Å². The Morgan fingerprint density at radius 1 is 1.82 bits per heavy atom. The van der Waals surface area contributed by atoms with E-state index in [9.17, 15) is 4.79 Å². The Bertz CT molecular complexity index is 233. The van der Waals surface area contributed by atoms with Crippen LogP contribution in [0.5, 0.6) is 0 Å². The number of carbonyl (C=O) groups is 1. The number of hydrogen-bond donors (Lipinski definition) is 2. The summed E-state index contributed by atoms with van der Waals surface area (Å²) in [6.45, 7) is 0.0509. The van der Waals surface area contributed by atoms with Gasteiger partial charge in [0.1, 0.15) is 0 Å². The van der Waals surface area contributed by atoms with Crippen molar-refractivity contribution in [2.24, 2.45) is 5.73 Å². The van der Waals surface area contributed by atoms with Crippen molar-refractivity contribution in [1.82, 2.24) is 15.0 Å². The van der Waals surface area contributed by atoms with E-state index in [0.29, 0.717) is 0 Å². The minimum Gasteiger partial charge on any atom is -0.381 e. The fourth-order valence-corrected chi connectivity index (χ4v) is 0.597. The van der Waals surface area contributed by atoms with Gasteiger partial charge in [-0.2, -0.15) is 0 Å². The molecule has 0 aromatic carbocycles. The van der Waals surface area contributed by atoms with Crippen molar-refractivity contribution in [3.05, 3.63) is 12.4 Å². The molecule has 3 N–H and O–H groups in total. The quantitative estimate of drug-likeness (QED) is 0.535. The molecule has 60 valence electrons. The van der Waals surface area contributed by atoms with Crippen LogP contribution < -0.4 is 5.73 Å². The zero-order valence-corrected chi connectivity index (χ0v) is 5.71. The topological polar surface area (TPSA) is 94.0 Å². The second-order valence-corrected chi connectivity index (χ2v) is 2.04. The summed E-state index contributed by atoms with van der Waals surface area (Å²) in [7, 11) is 0. The number of rotatable bonds is 3. The zero-order valence-electron chi connectivity index (χ0n) is 5.71. The average molecular weight is 156 g/mol. The molecule has 1 atom stereocenters. The van der Waals surface area contributed by atoms with Crippen molar-refractivity contribution in [2.45, 2.75) is 12.6 Å². The molecule has 1 unspecified atom stereocenters. The summed E-state index contributed by atoms with van der Waals surface area (Å²) >= 11 is 0. The van der Waals surface area contributed by atoms with Gasteiger partial charge in [-0.25, -0.2) is 4.68 Å². The van der Waals surface area contributed by atoms with Crippen LogP contribution in [0.2, 0.25) is 0 Å². The molecule has 0 aliphatic rings. The molecule has 0 fully saturated rings. The summed E-state index contributed by atoms with van der Waals surface area (Å²) < 4.78 is 1.33. The first-order valence-corrected chi connectivity index (χ1v) is 3.01. The van der Waals surface area contributed by atoms with Crippen LogP contribution >= 0.6 is 0 Å². The minimum absolute atomic E-state index is 0.0509. The molecule has 1 aromatic heterocycles. The van der Waals surface area contributed by atoms with Gasteiger partial charge in [0.05, 0.1) is 12.7 Å². The van der Waals surface area contributed by atoms with Crippen LogP contribution in [-0.2, 0) is 11.3 Å². The van der Waals surface area contributed by atoms with Crippen LogP contribution in [-0.4, -0.2) is 32.1 Å². The first-order chi connectivity index (χ1) is 5.20. The summed E-state index contributed by atoms with van der Waals surface area (Å²) in [5, 5.41) is 16.0. The SMILES string of the molecule is NC(=O)C(O)Cn1ccnn1. The number of primary amides is 1. The first-order valence-electron chi connectivity index (χ1n) is 3.01. The Hall–Kier alpha value is -1.43. The van der Waals surface area contributed by atoms with Gasteiger partial charge in [0.15, 0.2) is 6.10 Å². The Morgan fingerprint density at radius 2 is 2.55 bits per heavy atom. The number of hydrogen-bond acceptors (Lipinski definition) is 4. The molecule has 11 heavy (non-hydrogen) atoms. The van der Waals surface area contributed by atoms with Crippen LogP contribution in [0.3, 0.4) is 0 Å². The maximum atomic E-state index is 10.3. The summed E-state index contributed by atoms with van der Waals surface area (Å²) in [4.78, 5) is 10.3. The Balaban J connectivity index is 2.50. The number of nitrogens with zero attached hydrogens (tertiary/aromatic N) is 3. The summed E-state index contributed by atoms with van der Waals surface area (Å²) in [5.74, 6) is -0.763. The standard InChI is InChI=1S/C5H8N4O2/c6-5(11)4(10)3-9-2-1-7-8-9/h1-2,4,10H,3H2,(H2,6,11). The molecule has 1 rings (SSSR count). The average Bonchev–Trinajstić information content (AvgIpc) is 2.39. The maximum absolute atomic E-state index is 10.3. The van der Waals surface area contributed by atoms with Crippen molar-refractivity contribution >= 4 is 5.91 Å². The fraction of sp³-hybridized carbons (Fsp3) is 0.400. The van der Waals surface area contributed by atoms with Gasteiger partial charge in [-0.15, -0.1) is 5.10 Å². The second-order valence-electron chi connectivity index (χ2n) is 2.04. The van der Waals surface area contributed by atoms with Gasteiger partial charge in [-0.1, -0.05) is 5.21 Å². The molecule has 0 aliphatic carbocycles. The van der Waals surface area contributed by atoms with Gasteiger partial charge < -0.3 is 10.8 Å². The van der Waals surface area contributed by atoms with Crippen molar-refractivity contribution < 1.29 is 9.90 Å². The number of aliphatic hydroxyl groups excluding tert-OH is 1. The molecular weight excluding hydrogens is 148 g/mol. The molecule has 1 amide bonds. The van der Waals surface area contributed by atoms with Gasteiger partial charge >= 0.3 is 0 Å². The van der Waals surface area contributed by atoms with Crippen molar-refractivity contribution in [3.63, 3.8) is 0 Å². The van der Waals surface area contributed by atoms with Crippen molar-refractivity contribution in [1.29, 1.82) is 0 Å². The predicted octanol–water partition coefficient (Wildman–Crippen LogP) is -1.88. The highest BCUT2D eigenvalue weighted by Gasteiger charge is 2.10. The molecular formula is C5H8N4O2. The van der Waals surface area contributed by atoms with Gasteiger partial charge in [0.25, 0.3) is 0 Å². The van der Waals surface area contributed by atoms with E-state index in [4.69, 9.17) is 10.8 Å². The monoisotopic (exact) mass is 156 g/mol. The highest BCUT2D eigenvalue weighted by Crippen LogP contribution is 1.87. The highest BCUT2D eigenvalue weighted by atomic mass is 16.3. The summed E-state index contributed by atoms with van der Waals surface area (Å²) in [6.07, 6.45) is 1.79. The van der Waals surface area contributed by atoms with Crippen LogP contribution in [0.1, 0.15) is 0 Å². The van der Waals surface area contributed by atoms with Crippen molar-refractivity contribution in [3.8, 4) is 0 Å².